The van der Waals surface area contributed by atoms with Crippen molar-refractivity contribution < 1.29 is 33.2 Å². The molecule has 292 valence electrons. The van der Waals surface area contributed by atoms with Crippen molar-refractivity contribution in [1.29, 1.82) is 5.26 Å². The number of hydrogen-bond donors (Lipinski definition) is 2. The molecule has 1 aliphatic heterocycles. The number of benzene rings is 3. The Morgan fingerprint density at radius 3 is 2.24 bits per heavy atom. The normalized spacial score (nSPS) is 18.6. The molecule has 13 nitrogen and oxygen atoms in total. The van der Waals surface area contributed by atoms with Gasteiger partial charge < -0.3 is 33.7 Å². The standard InChI is InChI=1S/C41H50N5O8P/c1-28(2)46(29(3)4)55(52-24-10-22-42)54-36-25-39(45-23-21-38(43-30(5)48)44-40(45)49)53-37(36)27-51-41(32-11-8-7-9-12-32,33-15-13-31(26-47)14-16-33)34-17-19-35(50-6)20-18-34/h7-9,11-21,23,28-29,36-37,39,47H,10,24-27H2,1-6H3,(H,43,44,48,49)/t36-,37-,39-,41?,55?/m1/s1. The van der Waals surface area contributed by atoms with Crippen molar-refractivity contribution in [1.82, 2.24) is 14.2 Å². The second-order valence-corrected chi connectivity index (χ2v) is 15.1. The molecular formula is C41H50N5O8P. The molecule has 0 spiro atoms. The van der Waals surface area contributed by atoms with Gasteiger partial charge in [-0.3, -0.25) is 9.36 Å². The first kappa shape index (κ1) is 41.6. The maximum Gasteiger partial charge on any atom is 0.351 e. The van der Waals surface area contributed by atoms with Crippen LogP contribution in [-0.2, 0) is 35.5 Å². The van der Waals surface area contributed by atoms with Crippen LogP contribution in [0.4, 0.5) is 5.82 Å². The third-order valence-corrected chi connectivity index (χ3v) is 11.4. The number of nitrogens with one attached hydrogen (secondary N) is 1. The molecule has 0 bridgehead atoms. The smallest absolute Gasteiger partial charge is 0.351 e. The van der Waals surface area contributed by atoms with Crippen molar-refractivity contribution in [2.24, 2.45) is 0 Å². The topological polar surface area (TPSA) is 157 Å². The fourth-order valence-corrected chi connectivity index (χ4v) is 8.48. The molecule has 14 heteroatoms. The summed E-state index contributed by atoms with van der Waals surface area (Å²) in [5.74, 6) is 0.476. The van der Waals surface area contributed by atoms with Crippen LogP contribution in [0.3, 0.4) is 0 Å². The van der Waals surface area contributed by atoms with Crippen LogP contribution in [0.5, 0.6) is 5.75 Å². The predicted molar refractivity (Wildman–Crippen MR) is 209 cm³/mol. The maximum atomic E-state index is 13.3. The van der Waals surface area contributed by atoms with Crippen LogP contribution >= 0.6 is 8.53 Å². The second-order valence-electron chi connectivity index (χ2n) is 13.7. The molecule has 0 saturated carbocycles. The predicted octanol–water partition coefficient (Wildman–Crippen LogP) is 6.66. The van der Waals surface area contributed by atoms with E-state index in [4.69, 9.17) is 23.3 Å². The minimum atomic E-state index is -1.69. The molecule has 1 fully saturated rings. The van der Waals surface area contributed by atoms with Crippen LogP contribution in [-0.4, -0.2) is 69.9 Å². The Hall–Kier alpha value is -4.51. The summed E-state index contributed by atoms with van der Waals surface area (Å²) in [5, 5.41) is 21.7. The van der Waals surface area contributed by atoms with E-state index in [1.54, 1.807) is 19.4 Å². The zero-order chi connectivity index (χ0) is 39.5. The van der Waals surface area contributed by atoms with Gasteiger partial charge in [-0.2, -0.15) is 10.2 Å². The SMILES string of the molecule is COc1ccc(C(OC[C@H]2O[C@@H](n3ccc(NC(C)=O)nc3=O)C[C@H]2OP(OCCC#N)N(C(C)C)C(C)C)(c2ccccc2)c2ccc(CO)cc2)cc1. The Labute approximate surface area is 323 Å². The number of aromatic nitrogens is 2. The molecule has 1 amide bonds. The number of ether oxygens (including phenoxy) is 3. The average Bonchev–Trinajstić information content (AvgIpc) is 3.57. The summed E-state index contributed by atoms with van der Waals surface area (Å²) in [6, 6.07) is 29.0. The van der Waals surface area contributed by atoms with Crippen molar-refractivity contribution in [2.45, 2.75) is 90.2 Å². The quantitative estimate of drug-likeness (QED) is 0.0634. The fourth-order valence-electron chi connectivity index (χ4n) is 6.72. The Morgan fingerprint density at radius 1 is 1.04 bits per heavy atom. The number of amides is 1. The Morgan fingerprint density at radius 2 is 1.67 bits per heavy atom. The molecule has 2 unspecified atom stereocenters. The highest BCUT2D eigenvalue weighted by molar-refractivity contribution is 7.44. The molecule has 1 saturated heterocycles. The average molecular weight is 772 g/mol. The molecule has 2 heterocycles. The number of carbonyl (C=O) groups excluding carboxylic acids is 1. The maximum absolute atomic E-state index is 13.3. The molecule has 5 atom stereocenters. The van der Waals surface area contributed by atoms with Gasteiger partial charge in [-0.25, -0.2) is 9.46 Å². The largest absolute Gasteiger partial charge is 0.497 e. The fraction of sp³-hybridized carbons (Fsp3) is 0.415. The van der Waals surface area contributed by atoms with Crippen LogP contribution < -0.4 is 15.7 Å². The molecule has 4 aromatic rings. The van der Waals surface area contributed by atoms with Crippen LogP contribution in [0.1, 0.15) is 75.9 Å². The molecular weight excluding hydrogens is 721 g/mol. The van der Waals surface area contributed by atoms with Gasteiger partial charge in [0.1, 0.15) is 29.5 Å². The molecule has 5 rings (SSSR count). The number of nitrogens with zero attached hydrogens (tertiary/aromatic N) is 4. The van der Waals surface area contributed by atoms with E-state index in [1.165, 1.54) is 11.5 Å². The van der Waals surface area contributed by atoms with E-state index >= 15 is 0 Å². The van der Waals surface area contributed by atoms with Crippen LogP contribution in [0, 0.1) is 11.3 Å². The van der Waals surface area contributed by atoms with E-state index in [9.17, 15) is 20.0 Å². The highest BCUT2D eigenvalue weighted by atomic mass is 31.2. The van der Waals surface area contributed by atoms with Gasteiger partial charge in [-0.05, 0) is 68.1 Å². The summed E-state index contributed by atoms with van der Waals surface area (Å²) in [7, 11) is -0.0706. The first-order chi connectivity index (χ1) is 26.5. The summed E-state index contributed by atoms with van der Waals surface area (Å²) in [5.41, 5.74) is 1.48. The Balaban J connectivity index is 1.59. The Kier molecular flexibility index (Phi) is 14.7. The zero-order valence-electron chi connectivity index (χ0n) is 32.1. The van der Waals surface area contributed by atoms with Gasteiger partial charge >= 0.3 is 5.69 Å². The molecule has 1 aromatic heterocycles. The zero-order valence-corrected chi connectivity index (χ0v) is 33.0. The van der Waals surface area contributed by atoms with E-state index in [1.807, 2.05) is 78.9 Å². The number of aliphatic hydroxyl groups excluding tert-OH is 1. The lowest BCUT2D eigenvalue weighted by atomic mass is 9.79. The summed E-state index contributed by atoms with van der Waals surface area (Å²) in [4.78, 5) is 29.1. The molecule has 55 heavy (non-hydrogen) atoms. The van der Waals surface area contributed by atoms with Crippen molar-refractivity contribution >= 4 is 20.3 Å². The van der Waals surface area contributed by atoms with Gasteiger partial charge in [0.15, 0.2) is 0 Å². The first-order valence-electron chi connectivity index (χ1n) is 18.3. The lowest BCUT2D eigenvalue weighted by molar-refractivity contribution is -0.114. The number of methoxy groups -OCH3 is 1. The minimum absolute atomic E-state index is 0.0146. The van der Waals surface area contributed by atoms with Gasteiger partial charge in [0, 0.05) is 31.6 Å². The van der Waals surface area contributed by atoms with Crippen LogP contribution in [0.15, 0.2) is 95.9 Å². The van der Waals surface area contributed by atoms with Gasteiger partial charge in [-0.15, -0.1) is 0 Å². The van der Waals surface area contributed by atoms with Gasteiger partial charge in [0.05, 0.1) is 45.5 Å². The summed E-state index contributed by atoms with van der Waals surface area (Å²) in [6.45, 7) is 9.69. The highest BCUT2D eigenvalue weighted by Gasteiger charge is 2.45. The van der Waals surface area contributed by atoms with E-state index in [0.717, 1.165) is 22.3 Å². The molecule has 3 aromatic carbocycles. The molecule has 1 aliphatic rings. The molecule has 0 aliphatic carbocycles. The number of aliphatic hydroxyl groups is 1. The van der Waals surface area contributed by atoms with E-state index < -0.39 is 38.3 Å². The van der Waals surface area contributed by atoms with Crippen LogP contribution in [0.2, 0.25) is 0 Å². The third kappa shape index (κ3) is 10.0. The number of hydrogen-bond acceptors (Lipinski definition) is 11. The molecule has 2 N–H and O–H groups in total. The van der Waals surface area contributed by atoms with Crippen LogP contribution in [0.25, 0.3) is 0 Å². The lowest BCUT2D eigenvalue weighted by Crippen LogP contribution is -2.39. The van der Waals surface area contributed by atoms with Crippen molar-refractivity contribution in [3.63, 3.8) is 0 Å². The van der Waals surface area contributed by atoms with Gasteiger partial charge in [-0.1, -0.05) is 66.7 Å². The molecule has 0 radical (unpaired) electrons. The first-order valence-corrected chi connectivity index (χ1v) is 19.4. The Bertz CT molecular complexity index is 1880. The van der Waals surface area contributed by atoms with Crippen molar-refractivity contribution in [3.8, 4) is 11.8 Å². The van der Waals surface area contributed by atoms with E-state index in [2.05, 4.69) is 48.7 Å². The third-order valence-electron chi connectivity index (χ3n) is 9.20. The van der Waals surface area contributed by atoms with Gasteiger partial charge in [0.25, 0.3) is 8.53 Å². The minimum Gasteiger partial charge on any atom is -0.497 e. The highest BCUT2D eigenvalue weighted by Crippen LogP contribution is 2.50. The van der Waals surface area contributed by atoms with E-state index in [0.29, 0.717) is 5.75 Å². The number of anilines is 1. The van der Waals surface area contributed by atoms with E-state index in [-0.39, 0.29) is 56.5 Å². The summed E-state index contributed by atoms with van der Waals surface area (Å²) >= 11 is 0. The lowest BCUT2D eigenvalue weighted by Gasteiger charge is -2.39. The number of carbonyl (C=O) groups is 1. The number of nitriles is 1. The monoisotopic (exact) mass is 771 g/mol. The summed E-state index contributed by atoms with van der Waals surface area (Å²) < 4.78 is 36.1. The second kappa shape index (κ2) is 19.4. The summed E-state index contributed by atoms with van der Waals surface area (Å²) in [6.07, 6.45) is -0.131. The van der Waals surface area contributed by atoms with Gasteiger partial charge in [0.2, 0.25) is 5.91 Å². The number of rotatable bonds is 18. The van der Waals surface area contributed by atoms with Crippen molar-refractivity contribution in [3.05, 3.63) is 124 Å². The van der Waals surface area contributed by atoms with Crippen molar-refractivity contribution in [2.75, 3.05) is 25.6 Å².